The van der Waals surface area contributed by atoms with Crippen molar-refractivity contribution in [3.05, 3.63) is 34.8 Å². The summed E-state index contributed by atoms with van der Waals surface area (Å²) < 4.78 is 5.88. The molecule has 0 unspecified atom stereocenters. The molecule has 2 rings (SSSR count). The van der Waals surface area contributed by atoms with E-state index in [2.05, 4.69) is 45.9 Å². The summed E-state index contributed by atoms with van der Waals surface area (Å²) in [6.45, 7) is 8.62. The predicted molar refractivity (Wildman–Crippen MR) is 69.3 cm³/mol. The van der Waals surface area contributed by atoms with Gasteiger partial charge in [0.1, 0.15) is 11.5 Å². The van der Waals surface area contributed by atoms with E-state index in [1.54, 1.807) is 0 Å². The van der Waals surface area contributed by atoms with Crippen LogP contribution in [0.2, 0.25) is 0 Å². The summed E-state index contributed by atoms with van der Waals surface area (Å²) >= 11 is 0. The molecule has 16 heavy (non-hydrogen) atoms. The Morgan fingerprint density at radius 2 is 2.12 bits per heavy atom. The average molecular weight is 216 g/mol. The van der Waals surface area contributed by atoms with E-state index in [1.165, 1.54) is 22.5 Å². The Labute approximate surface area is 97.9 Å². The van der Waals surface area contributed by atoms with Crippen molar-refractivity contribution in [1.29, 1.82) is 0 Å². The summed E-state index contributed by atoms with van der Waals surface area (Å²) in [5, 5.41) is 0. The lowest BCUT2D eigenvalue weighted by Crippen LogP contribution is -2.02. The largest absolute Gasteiger partial charge is 0.465 e. The maximum absolute atomic E-state index is 5.88. The minimum Gasteiger partial charge on any atom is -0.465 e. The van der Waals surface area contributed by atoms with Gasteiger partial charge in [-0.1, -0.05) is 32.1 Å². The lowest BCUT2D eigenvalue weighted by Gasteiger charge is -2.17. The number of furan rings is 1. The Morgan fingerprint density at radius 1 is 1.38 bits per heavy atom. The Morgan fingerprint density at radius 3 is 2.75 bits per heavy atom. The van der Waals surface area contributed by atoms with E-state index in [4.69, 9.17) is 4.42 Å². The van der Waals surface area contributed by atoms with Crippen molar-refractivity contribution < 1.29 is 4.42 Å². The average Bonchev–Trinajstić information content (AvgIpc) is 2.55. The third kappa shape index (κ3) is 1.75. The quantitative estimate of drug-likeness (QED) is 0.703. The van der Waals surface area contributed by atoms with Gasteiger partial charge in [0.15, 0.2) is 0 Å². The van der Waals surface area contributed by atoms with Crippen molar-refractivity contribution in [3.63, 3.8) is 0 Å². The van der Waals surface area contributed by atoms with E-state index in [0.717, 1.165) is 18.6 Å². The lowest BCUT2D eigenvalue weighted by molar-refractivity contribution is 0.480. The van der Waals surface area contributed by atoms with Gasteiger partial charge in [0.05, 0.1) is 0 Å². The van der Waals surface area contributed by atoms with Crippen LogP contribution in [0.4, 0.5) is 0 Å². The monoisotopic (exact) mass is 216 g/mol. The molecule has 0 N–H and O–H groups in total. The minimum atomic E-state index is 0.569. The standard InChI is InChI=1S/C15H20O/c1-5-7-13-11(4)16-14-9-6-8-12(10(2)3)15(13)14/h5,7-8,10H,6,9H2,1-4H3/b7-5-. The zero-order valence-corrected chi connectivity index (χ0v) is 10.6. The minimum absolute atomic E-state index is 0.569. The van der Waals surface area contributed by atoms with Crippen LogP contribution in [0.3, 0.4) is 0 Å². The molecule has 0 fully saturated rings. The first-order valence-electron chi connectivity index (χ1n) is 6.10. The second-order valence-corrected chi connectivity index (χ2v) is 4.72. The first-order valence-corrected chi connectivity index (χ1v) is 6.10. The normalized spacial score (nSPS) is 15.7. The fourth-order valence-electron chi connectivity index (χ4n) is 2.46. The maximum atomic E-state index is 5.88. The Kier molecular flexibility index (Phi) is 3.04. The molecule has 0 amide bonds. The topological polar surface area (TPSA) is 13.1 Å². The number of aryl methyl sites for hydroxylation is 2. The maximum Gasteiger partial charge on any atom is 0.112 e. The number of rotatable bonds is 2. The van der Waals surface area contributed by atoms with Crippen LogP contribution in [0.5, 0.6) is 0 Å². The smallest absolute Gasteiger partial charge is 0.112 e. The Hall–Kier alpha value is -1.24. The molecule has 86 valence electrons. The Bertz CT molecular complexity index is 444. The van der Waals surface area contributed by atoms with Crippen LogP contribution in [0.15, 0.2) is 16.6 Å². The third-order valence-electron chi connectivity index (χ3n) is 3.18. The van der Waals surface area contributed by atoms with Gasteiger partial charge in [-0.05, 0) is 31.8 Å². The van der Waals surface area contributed by atoms with Gasteiger partial charge in [-0.2, -0.15) is 0 Å². The van der Waals surface area contributed by atoms with E-state index < -0.39 is 0 Å². The fourth-order valence-corrected chi connectivity index (χ4v) is 2.46. The van der Waals surface area contributed by atoms with Crippen LogP contribution in [0, 0.1) is 12.8 Å². The van der Waals surface area contributed by atoms with E-state index >= 15 is 0 Å². The van der Waals surface area contributed by atoms with Crippen molar-refractivity contribution in [2.45, 2.75) is 40.5 Å². The second kappa shape index (κ2) is 4.32. The molecule has 0 atom stereocenters. The highest BCUT2D eigenvalue weighted by molar-refractivity contribution is 5.78. The molecule has 0 spiro atoms. The van der Waals surface area contributed by atoms with Crippen LogP contribution < -0.4 is 0 Å². The molecule has 1 aliphatic carbocycles. The molecule has 1 aliphatic rings. The first-order chi connectivity index (χ1) is 7.65. The van der Waals surface area contributed by atoms with E-state index in [0.29, 0.717) is 5.92 Å². The molecule has 1 heteroatoms. The summed E-state index contributed by atoms with van der Waals surface area (Å²) in [6.07, 6.45) is 8.78. The zero-order valence-electron chi connectivity index (χ0n) is 10.6. The van der Waals surface area contributed by atoms with E-state index in [9.17, 15) is 0 Å². The summed E-state index contributed by atoms with van der Waals surface area (Å²) in [5.74, 6) is 2.80. The number of allylic oxidation sites excluding steroid dienone is 3. The van der Waals surface area contributed by atoms with Gasteiger partial charge in [-0.15, -0.1) is 0 Å². The number of hydrogen-bond acceptors (Lipinski definition) is 1. The molecular formula is C15H20O. The SMILES string of the molecule is C/C=C\c1c(C)oc2c1C(C(C)C)=CCC2. The molecule has 0 aliphatic heterocycles. The lowest BCUT2D eigenvalue weighted by atomic mass is 9.86. The zero-order chi connectivity index (χ0) is 11.7. The number of fused-ring (bicyclic) bond motifs is 1. The van der Waals surface area contributed by atoms with Gasteiger partial charge in [0.25, 0.3) is 0 Å². The summed E-state index contributed by atoms with van der Waals surface area (Å²) in [5.41, 5.74) is 4.08. The summed E-state index contributed by atoms with van der Waals surface area (Å²) in [7, 11) is 0. The third-order valence-corrected chi connectivity index (χ3v) is 3.18. The molecule has 0 bridgehead atoms. The van der Waals surface area contributed by atoms with Crippen LogP contribution in [0.1, 0.15) is 49.8 Å². The van der Waals surface area contributed by atoms with Crippen LogP contribution in [0.25, 0.3) is 11.6 Å². The summed E-state index contributed by atoms with van der Waals surface area (Å²) in [4.78, 5) is 0. The van der Waals surface area contributed by atoms with E-state index in [-0.39, 0.29) is 0 Å². The Balaban J connectivity index is 2.59. The van der Waals surface area contributed by atoms with Gasteiger partial charge >= 0.3 is 0 Å². The van der Waals surface area contributed by atoms with Gasteiger partial charge in [-0.25, -0.2) is 0 Å². The molecular weight excluding hydrogens is 196 g/mol. The molecule has 1 aromatic rings. The number of hydrogen-bond donors (Lipinski definition) is 0. The van der Waals surface area contributed by atoms with Crippen molar-refractivity contribution in [3.8, 4) is 0 Å². The van der Waals surface area contributed by atoms with Crippen molar-refractivity contribution in [2.24, 2.45) is 5.92 Å². The van der Waals surface area contributed by atoms with Gasteiger partial charge < -0.3 is 4.42 Å². The van der Waals surface area contributed by atoms with Gasteiger partial charge in [0.2, 0.25) is 0 Å². The molecule has 1 nitrogen and oxygen atoms in total. The predicted octanol–water partition coefficient (Wildman–Crippen LogP) is 4.61. The van der Waals surface area contributed by atoms with Crippen molar-refractivity contribution >= 4 is 11.6 Å². The molecule has 1 aromatic heterocycles. The molecule has 0 saturated carbocycles. The first kappa shape index (κ1) is 11.3. The van der Waals surface area contributed by atoms with Gasteiger partial charge in [0, 0.05) is 17.5 Å². The molecule has 0 aromatic carbocycles. The highest BCUT2D eigenvalue weighted by Crippen LogP contribution is 2.37. The molecule has 1 heterocycles. The van der Waals surface area contributed by atoms with Crippen LogP contribution >= 0.6 is 0 Å². The fraction of sp³-hybridized carbons (Fsp3) is 0.467. The second-order valence-electron chi connectivity index (χ2n) is 4.72. The highest BCUT2D eigenvalue weighted by Gasteiger charge is 2.23. The van der Waals surface area contributed by atoms with Crippen LogP contribution in [-0.2, 0) is 6.42 Å². The van der Waals surface area contributed by atoms with Gasteiger partial charge in [-0.3, -0.25) is 0 Å². The molecule has 0 radical (unpaired) electrons. The summed E-state index contributed by atoms with van der Waals surface area (Å²) in [6, 6.07) is 0. The van der Waals surface area contributed by atoms with Crippen molar-refractivity contribution in [1.82, 2.24) is 0 Å². The van der Waals surface area contributed by atoms with Crippen LogP contribution in [-0.4, -0.2) is 0 Å². The van der Waals surface area contributed by atoms with E-state index in [1.807, 2.05) is 0 Å². The van der Waals surface area contributed by atoms with Crippen molar-refractivity contribution in [2.75, 3.05) is 0 Å². The highest BCUT2D eigenvalue weighted by atomic mass is 16.3. The molecule has 0 saturated heterocycles.